The molecule has 0 bridgehead atoms. The highest BCUT2D eigenvalue weighted by atomic mass is 32.2. The summed E-state index contributed by atoms with van der Waals surface area (Å²) in [6, 6.07) is 20.0. The van der Waals surface area contributed by atoms with Gasteiger partial charge in [0.2, 0.25) is 11.1 Å². The van der Waals surface area contributed by atoms with Crippen molar-refractivity contribution in [2.45, 2.75) is 32.5 Å². The van der Waals surface area contributed by atoms with Crippen LogP contribution in [-0.4, -0.2) is 31.2 Å². The van der Waals surface area contributed by atoms with E-state index in [1.54, 1.807) is 4.52 Å². The van der Waals surface area contributed by atoms with Crippen molar-refractivity contribution < 1.29 is 4.79 Å². The number of carbonyl (C=O) groups excluding carboxylic acids is 1. The van der Waals surface area contributed by atoms with Gasteiger partial charge in [0.25, 0.3) is 5.78 Å². The zero-order valence-electron chi connectivity index (χ0n) is 17.2. The van der Waals surface area contributed by atoms with Gasteiger partial charge < -0.3 is 4.90 Å². The van der Waals surface area contributed by atoms with Gasteiger partial charge in [-0.05, 0) is 50.1 Å². The highest BCUT2D eigenvalue weighted by molar-refractivity contribution is 7.99. The number of carbonyl (C=O) groups is 1. The van der Waals surface area contributed by atoms with Crippen molar-refractivity contribution in [3.8, 4) is 0 Å². The Morgan fingerprint density at radius 2 is 1.80 bits per heavy atom. The number of benzene rings is 2. The van der Waals surface area contributed by atoms with Crippen molar-refractivity contribution in [2.24, 2.45) is 0 Å². The van der Waals surface area contributed by atoms with Gasteiger partial charge >= 0.3 is 0 Å². The summed E-state index contributed by atoms with van der Waals surface area (Å²) in [6.45, 7) is 6.44. The van der Waals surface area contributed by atoms with Gasteiger partial charge in [-0.2, -0.15) is 4.98 Å². The maximum Gasteiger partial charge on any atom is 0.253 e. The van der Waals surface area contributed by atoms with Crippen molar-refractivity contribution in [1.82, 2.24) is 19.6 Å². The number of rotatable bonds is 6. The molecule has 1 amide bonds. The number of amides is 1. The Balaban J connectivity index is 1.55. The fourth-order valence-corrected chi connectivity index (χ4v) is 3.99. The molecule has 0 aliphatic carbocycles. The van der Waals surface area contributed by atoms with Gasteiger partial charge in [0.1, 0.15) is 0 Å². The lowest BCUT2D eigenvalue weighted by Gasteiger charge is -2.23. The predicted octanol–water partition coefficient (Wildman–Crippen LogP) is 4.38. The van der Waals surface area contributed by atoms with Gasteiger partial charge in [-0.15, -0.1) is 5.10 Å². The van der Waals surface area contributed by atoms with Crippen LogP contribution < -0.4 is 4.90 Å². The molecule has 0 N–H and O–H groups in total. The highest BCUT2D eigenvalue weighted by Crippen LogP contribution is 2.22. The number of fused-ring (bicyclic) bond motifs is 1. The third-order valence-electron chi connectivity index (χ3n) is 4.72. The van der Waals surface area contributed by atoms with Crippen LogP contribution in [0, 0.1) is 20.8 Å². The van der Waals surface area contributed by atoms with Crippen LogP contribution in [0.25, 0.3) is 5.78 Å². The van der Waals surface area contributed by atoms with E-state index >= 15 is 0 Å². The number of aryl methyl sites for hydroxylation is 3. The molecule has 0 aliphatic rings. The summed E-state index contributed by atoms with van der Waals surface area (Å²) in [6.07, 6.45) is 0. The van der Waals surface area contributed by atoms with Crippen molar-refractivity contribution in [3.05, 3.63) is 83.2 Å². The summed E-state index contributed by atoms with van der Waals surface area (Å²) in [4.78, 5) is 23.9. The van der Waals surface area contributed by atoms with E-state index in [-0.39, 0.29) is 11.7 Å². The zero-order valence-corrected chi connectivity index (χ0v) is 18.1. The first kappa shape index (κ1) is 20.1. The molecule has 152 valence electrons. The SMILES string of the molecule is Cc1cccc(N(Cc2ccccc2)C(=O)CSc2nc3nc(C)cc(C)n3n2)c1. The molecule has 0 saturated carbocycles. The monoisotopic (exact) mass is 417 g/mol. The second-order valence-corrected chi connectivity index (χ2v) is 8.18. The Labute approximate surface area is 180 Å². The second-order valence-electron chi connectivity index (χ2n) is 7.24. The van der Waals surface area contributed by atoms with E-state index < -0.39 is 0 Å². The maximum absolute atomic E-state index is 13.2. The molecular weight excluding hydrogens is 394 g/mol. The molecule has 0 fully saturated rings. The standard InChI is InChI=1S/C23H23N5OS/c1-16-8-7-11-20(12-16)27(14-19-9-5-4-6-10-19)21(29)15-30-23-25-22-24-17(2)13-18(3)28(22)26-23/h4-13H,14-15H2,1-3H3. The topological polar surface area (TPSA) is 63.4 Å². The van der Waals surface area contributed by atoms with Crippen LogP contribution in [0.15, 0.2) is 65.8 Å². The Morgan fingerprint density at radius 1 is 1.00 bits per heavy atom. The summed E-state index contributed by atoms with van der Waals surface area (Å²) in [5.74, 6) is 0.812. The lowest BCUT2D eigenvalue weighted by atomic mass is 10.1. The Morgan fingerprint density at radius 3 is 2.57 bits per heavy atom. The molecule has 2 heterocycles. The summed E-state index contributed by atoms with van der Waals surface area (Å²) in [5.41, 5.74) is 4.95. The quantitative estimate of drug-likeness (QED) is 0.436. The molecule has 6 nitrogen and oxygen atoms in total. The molecule has 0 aliphatic heterocycles. The first-order valence-electron chi connectivity index (χ1n) is 9.74. The van der Waals surface area contributed by atoms with Gasteiger partial charge in [-0.1, -0.05) is 54.2 Å². The van der Waals surface area contributed by atoms with E-state index in [2.05, 4.69) is 15.1 Å². The van der Waals surface area contributed by atoms with Crippen LogP contribution in [0.1, 0.15) is 22.5 Å². The fraction of sp³-hybridized carbons (Fsp3) is 0.217. The Bertz CT molecular complexity index is 1190. The van der Waals surface area contributed by atoms with Crippen molar-refractivity contribution in [3.63, 3.8) is 0 Å². The third-order valence-corrected chi connectivity index (χ3v) is 5.54. The molecule has 4 aromatic rings. The molecule has 0 unspecified atom stereocenters. The van der Waals surface area contributed by atoms with Gasteiger partial charge in [-0.25, -0.2) is 9.50 Å². The molecule has 30 heavy (non-hydrogen) atoms. The molecule has 0 atom stereocenters. The summed E-state index contributed by atoms with van der Waals surface area (Å²) in [7, 11) is 0. The van der Waals surface area contributed by atoms with Crippen LogP contribution in [0.3, 0.4) is 0 Å². The molecule has 2 aromatic carbocycles. The van der Waals surface area contributed by atoms with Gasteiger partial charge in [0, 0.05) is 17.1 Å². The molecular formula is C23H23N5OS. The number of nitrogens with zero attached hydrogens (tertiary/aromatic N) is 5. The number of hydrogen-bond donors (Lipinski definition) is 0. The van der Waals surface area contributed by atoms with Gasteiger partial charge in [0.05, 0.1) is 12.3 Å². The van der Waals surface area contributed by atoms with Gasteiger partial charge in [0.15, 0.2) is 0 Å². The van der Waals surface area contributed by atoms with Crippen LogP contribution in [0.2, 0.25) is 0 Å². The predicted molar refractivity (Wildman–Crippen MR) is 120 cm³/mol. The summed E-state index contributed by atoms with van der Waals surface area (Å²) < 4.78 is 1.71. The van der Waals surface area contributed by atoms with Crippen molar-refractivity contribution in [2.75, 3.05) is 10.7 Å². The van der Waals surface area contributed by atoms with Crippen molar-refractivity contribution >= 4 is 29.1 Å². The molecule has 4 rings (SSSR count). The normalized spacial score (nSPS) is 11.0. The zero-order chi connectivity index (χ0) is 21.1. The van der Waals surface area contributed by atoms with E-state index in [1.807, 2.05) is 86.3 Å². The minimum atomic E-state index is 0.00849. The lowest BCUT2D eigenvalue weighted by molar-refractivity contribution is -0.116. The van der Waals surface area contributed by atoms with E-state index in [1.165, 1.54) is 11.8 Å². The number of hydrogen-bond acceptors (Lipinski definition) is 5. The Hall–Kier alpha value is -3.19. The number of aromatic nitrogens is 4. The van der Waals surface area contributed by atoms with E-state index in [0.717, 1.165) is 28.2 Å². The minimum Gasteiger partial charge on any atom is -0.307 e. The molecule has 2 aromatic heterocycles. The third kappa shape index (κ3) is 4.52. The molecule has 0 saturated heterocycles. The van der Waals surface area contributed by atoms with Crippen LogP contribution in [-0.2, 0) is 11.3 Å². The Kier molecular flexibility index (Phi) is 5.81. The average molecular weight is 418 g/mol. The van der Waals surface area contributed by atoms with E-state index in [0.29, 0.717) is 17.5 Å². The lowest BCUT2D eigenvalue weighted by Crippen LogP contribution is -2.32. The molecule has 7 heteroatoms. The first-order valence-corrected chi connectivity index (χ1v) is 10.7. The smallest absolute Gasteiger partial charge is 0.253 e. The van der Waals surface area contributed by atoms with Crippen LogP contribution in [0.5, 0.6) is 0 Å². The molecule has 0 radical (unpaired) electrons. The minimum absolute atomic E-state index is 0.00849. The van der Waals surface area contributed by atoms with Gasteiger partial charge in [-0.3, -0.25) is 4.79 Å². The first-order chi connectivity index (χ1) is 14.5. The summed E-state index contributed by atoms with van der Waals surface area (Å²) >= 11 is 1.33. The van der Waals surface area contributed by atoms with E-state index in [9.17, 15) is 4.79 Å². The van der Waals surface area contributed by atoms with Crippen molar-refractivity contribution in [1.29, 1.82) is 0 Å². The maximum atomic E-state index is 13.2. The van der Waals surface area contributed by atoms with E-state index in [4.69, 9.17) is 0 Å². The highest BCUT2D eigenvalue weighted by Gasteiger charge is 2.18. The fourth-order valence-electron chi connectivity index (χ4n) is 3.30. The number of anilines is 1. The average Bonchev–Trinajstić information content (AvgIpc) is 3.14. The summed E-state index contributed by atoms with van der Waals surface area (Å²) in [5, 5.41) is 5.04. The number of thioether (sulfide) groups is 1. The second kappa shape index (κ2) is 8.67. The largest absolute Gasteiger partial charge is 0.307 e. The molecule has 0 spiro atoms. The van der Waals surface area contributed by atoms with Crippen LogP contribution >= 0.6 is 11.8 Å². The van der Waals surface area contributed by atoms with Crippen LogP contribution in [0.4, 0.5) is 5.69 Å².